The average Bonchev–Trinajstić information content (AvgIpc) is 3.41. The first-order chi connectivity index (χ1) is 14.1. The van der Waals surface area contributed by atoms with Crippen molar-refractivity contribution in [3.05, 3.63) is 11.7 Å². The van der Waals surface area contributed by atoms with Gasteiger partial charge in [-0.15, -0.1) is 0 Å². The van der Waals surface area contributed by atoms with Crippen molar-refractivity contribution in [3.8, 4) is 6.07 Å². The standard InChI is InChI=1S/C12H20N2O2.C6H10FNO.C2H3N.CH5N/c1-8-4-5-9(12(8,2)3)6-10-13-11(7-15)16-14-10;1-5(9)8-3-2-6(7)4-8;1-2-3;1-2/h8-9,15H,4-7H2,1-3H3;6H,2-4H2,1H3;1H3;2H2,1H3/t8?,9-;6-;;/m00../s1. The van der Waals surface area contributed by atoms with Gasteiger partial charge in [0.15, 0.2) is 5.82 Å². The predicted molar refractivity (Wildman–Crippen MR) is 113 cm³/mol. The van der Waals surface area contributed by atoms with Crippen molar-refractivity contribution in [1.82, 2.24) is 15.0 Å². The zero-order chi connectivity index (χ0) is 23.3. The van der Waals surface area contributed by atoms with Crippen LogP contribution in [-0.4, -0.2) is 52.4 Å². The van der Waals surface area contributed by atoms with E-state index >= 15 is 0 Å². The largest absolute Gasteiger partial charge is 0.387 e. The maximum Gasteiger partial charge on any atom is 0.252 e. The Morgan fingerprint density at radius 2 is 2.00 bits per heavy atom. The number of aromatic nitrogens is 2. The second-order valence-electron chi connectivity index (χ2n) is 8.04. The Balaban J connectivity index is 0.000000508. The van der Waals surface area contributed by atoms with Crippen LogP contribution in [0.3, 0.4) is 0 Å². The van der Waals surface area contributed by atoms with Crippen LogP contribution in [0.2, 0.25) is 0 Å². The van der Waals surface area contributed by atoms with E-state index in [1.807, 2.05) is 0 Å². The van der Waals surface area contributed by atoms with Gasteiger partial charge in [0.1, 0.15) is 12.8 Å². The zero-order valence-corrected chi connectivity index (χ0v) is 19.2. The van der Waals surface area contributed by atoms with Gasteiger partial charge in [-0.05, 0) is 43.6 Å². The predicted octanol–water partition coefficient (Wildman–Crippen LogP) is 2.86. The van der Waals surface area contributed by atoms with E-state index < -0.39 is 6.17 Å². The van der Waals surface area contributed by atoms with E-state index in [0.717, 1.165) is 18.2 Å². The summed E-state index contributed by atoms with van der Waals surface area (Å²) in [6.07, 6.45) is 3.11. The minimum atomic E-state index is -0.783. The first kappa shape index (κ1) is 27.9. The van der Waals surface area contributed by atoms with Gasteiger partial charge in [-0.3, -0.25) is 4.79 Å². The van der Waals surface area contributed by atoms with Crippen LogP contribution in [0, 0.1) is 28.6 Å². The molecule has 9 heteroatoms. The third-order valence-electron chi connectivity index (χ3n) is 5.92. The summed E-state index contributed by atoms with van der Waals surface area (Å²) in [5.74, 6) is 2.40. The molecular weight excluding hydrogens is 389 g/mol. The van der Waals surface area contributed by atoms with Crippen LogP contribution in [0.1, 0.15) is 65.6 Å². The maximum atomic E-state index is 12.3. The van der Waals surface area contributed by atoms with Gasteiger partial charge >= 0.3 is 0 Å². The van der Waals surface area contributed by atoms with E-state index in [1.165, 1.54) is 38.6 Å². The summed E-state index contributed by atoms with van der Waals surface area (Å²) in [7, 11) is 1.50. The molecule has 1 aliphatic carbocycles. The molecule has 2 heterocycles. The Hall–Kier alpha value is -2.05. The number of halogens is 1. The van der Waals surface area contributed by atoms with Crippen LogP contribution < -0.4 is 5.73 Å². The zero-order valence-electron chi connectivity index (χ0n) is 19.2. The number of alkyl halides is 1. The third kappa shape index (κ3) is 8.76. The molecule has 0 radical (unpaired) electrons. The molecule has 1 aliphatic heterocycles. The summed E-state index contributed by atoms with van der Waals surface area (Å²) in [5, 5.41) is 20.1. The summed E-state index contributed by atoms with van der Waals surface area (Å²) >= 11 is 0. The van der Waals surface area contributed by atoms with E-state index in [1.54, 1.807) is 6.07 Å². The van der Waals surface area contributed by atoms with Crippen molar-refractivity contribution in [1.29, 1.82) is 5.26 Å². The van der Waals surface area contributed by atoms with Crippen molar-refractivity contribution in [2.45, 2.75) is 73.1 Å². The third-order valence-corrected chi connectivity index (χ3v) is 5.92. The molecule has 0 spiro atoms. The van der Waals surface area contributed by atoms with Crippen molar-refractivity contribution in [2.75, 3.05) is 20.1 Å². The van der Waals surface area contributed by atoms with E-state index in [0.29, 0.717) is 36.7 Å². The van der Waals surface area contributed by atoms with Crippen molar-refractivity contribution in [3.63, 3.8) is 0 Å². The molecule has 172 valence electrons. The molecule has 8 nitrogen and oxygen atoms in total. The van der Waals surface area contributed by atoms with Gasteiger partial charge in [-0.1, -0.05) is 25.9 Å². The number of carbonyl (C=O) groups excluding carboxylic acids is 1. The number of aliphatic hydroxyl groups excluding tert-OH is 1. The lowest BCUT2D eigenvalue weighted by molar-refractivity contribution is -0.127. The molecule has 2 fully saturated rings. The number of carbonyl (C=O) groups is 1. The second-order valence-corrected chi connectivity index (χ2v) is 8.04. The van der Waals surface area contributed by atoms with Gasteiger partial charge in [-0.25, -0.2) is 4.39 Å². The molecule has 1 amide bonds. The Labute approximate surface area is 179 Å². The van der Waals surface area contributed by atoms with Crippen molar-refractivity contribution < 1.29 is 18.8 Å². The number of aliphatic hydroxyl groups is 1. The molecule has 1 saturated carbocycles. The molecule has 1 aromatic rings. The Bertz CT molecular complexity index is 659. The highest BCUT2D eigenvalue weighted by atomic mass is 19.1. The monoisotopic (exact) mass is 427 g/mol. The fraction of sp³-hybridized carbons (Fsp3) is 0.810. The highest BCUT2D eigenvalue weighted by molar-refractivity contribution is 5.73. The van der Waals surface area contributed by atoms with Crippen molar-refractivity contribution >= 4 is 5.91 Å². The molecule has 3 N–H and O–H groups in total. The number of likely N-dealkylation sites (tertiary alicyclic amines) is 1. The molecule has 0 aromatic carbocycles. The quantitative estimate of drug-likeness (QED) is 0.758. The minimum Gasteiger partial charge on any atom is -0.387 e. The van der Waals surface area contributed by atoms with Crippen molar-refractivity contribution in [2.24, 2.45) is 23.0 Å². The number of nitriles is 1. The normalized spacial score (nSPS) is 23.7. The van der Waals surface area contributed by atoms with Gasteiger partial charge in [0.2, 0.25) is 5.91 Å². The maximum absolute atomic E-state index is 12.3. The summed E-state index contributed by atoms with van der Waals surface area (Å²) in [6, 6.07) is 1.75. The molecule has 0 bridgehead atoms. The van der Waals surface area contributed by atoms with E-state index in [4.69, 9.17) is 14.9 Å². The number of rotatable bonds is 3. The van der Waals surface area contributed by atoms with Crippen LogP contribution >= 0.6 is 0 Å². The van der Waals surface area contributed by atoms with E-state index in [9.17, 15) is 9.18 Å². The molecule has 1 unspecified atom stereocenters. The summed E-state index contributed by atoms with van der Waals surface area (Å²) < 4.78 is 17.2. The lowest BCUT2D eigenvalue weighted by Gasteiger charge is -2.30. The Morgan fingerprint density at radius 1 is 1.40 bits per heavy atom. The van der Waals surface area contributed by atoms with E-state index in [2.05, 4.69) is 36.6 Å². The van der Waals surface area contributed by atoms with Gasteiger partial charge in [-0.2, -0.15) is 10.2 Å². The fourth-order valence-electron chi connectivity index (χ4n) is 3.62. The lowest BCUT2D eigenvalue weighted by Crippen LogP contribution is -2.25. The number of nitrogens with two attached hydrogens (primary N) is 1. The first-order valence-electron chi connectivity index (χ1n) is 10.4. The van der Waals surface area contributed by atoms with Crippen LogP contribution in [0.5, 0.6) is 0 Å². The van der Waals surface area contributed by atoms with E-state index in [-0.39, 0.29) is 12.5 Å². The SMILES string of the molecule is CC#N.CC(=O)N1CC[C@H](F)C1.CC1CC[C@@H](Cc2noc(CO)n2)C1(C)C.CN. The fourth-order valence-corrected chi connectivity index (χ4v) is 3.62. The minimum absolute atomic E-state index is 0.0184. The van der Waals surface area contributed by atoms with Gasteiger partial charge in [0, 0.05) is 26.8 Å². The number of amides is 1. The van der Waals surface area contributed by atoms with Gasteiger partial charge < -0.3 is 20.3 Å². The number of hydrogen-bond acceptors (Lipinski definition) is 7. The van der Waals surface area contributed by atoms with Gasteiger partial charge in [0.05, 0.1) is 12.6 Å². The van der Waals surface area contributed by atoms with Crippen LogP contribution in [0.4, 0.5) is 4.39 Å². The molecule has 3 rings (SSSR count). The molecular formula is C21H38FN5O3. The average molecular weight is 428 g/mol. The molecule has 30 heavy (non-hydrogen) atoms. The number of hydrogen-bond donors (Lipinski definition) is 2. The Kier molecular flexibility index (Phi) is 13.1. The van der Waals surface area contributed by atoms with Crippen LogP contribution in [0.25, 0.3) is 0 Å². The lowest BCUT2D eigenvalue weighted by atomic mass is 9.75. The molecule has 1 saturated heterocycles. The second kappa shape index (κ2) is 14.0. The van der Waals surface area contributed by atoms with Crippen LogP contribution in [0.15, 0.2) is 4.52 Å². The summed E-state index contributed by atoms with van der Waals surface area (Å²) in [6.45, 7) is 10.6. The summed E-state index contributed by atoms with van der Waals surface area (Å²) in [5.41, 5.74) is 4.85. The topological polar surface area (TPSA) is 129 Å². The first-order valence-corrected chi connectivity index (χ1v) is 10.4. The van der Waals surface area contributed by atoms with Crippen LogP contribution in [-0.2, 0) is 17.8 Å². The molecule has 3 atom stereocenters. The highest BCUT2D eigenvalue weighted by Gasteiger charge is 2.40. The Morgan fingerprint density at radius 3 is 2.33 bits per heavy atom. The molecule has 2 aliphatic rings. The van der Waals surface area contributed by atoms with Gasteiger partial charge in [0.25, 0.3) is 5.89 Å². The molecule has 1 aromatic heterocycles. The highest BCUT2D eigenvalue weighted by Crippen LogP contribution is 2.48. The summed E-state index contributed by atoms with van der Waals surface area (Å²) in [4.78, 5) is 16.2. The smallest absolute Gasteiger partial charge is 0.252 e. The number of nitrogens with zero attached hydrogens (tertiary/aromatic N) is 4.